The van der Waals surface area contributed by atoms with Gasteiger partial charge in [0.05, 0.1) is 6.10 Å². The minimum atomic E-state index is -0.294. The smallest absolute Gasteiger partial charge is 0.0782 e. The molecule has 0 radical (unpaired) electrons. The molecule has 0 spiro atoms. The molecule has 0 saturated heterocycles. The molecule has 0 fully saturated rings. The van der Waals surface area contributed by atoms with Gasteiger partial charge in [0.1, 0.15) is 0 Å². The van der Waals surface area contributed by atoms with Gasteiger partial charge in [0.25, 0.3) is 0 Å². The molecule has 0 aromatic rings. The van der Waals surface area contributed by atoms with E-state index in [2.05, 4.69) is 51.9 Å². The zero-order chi connectivity index (χ0) is 11.6. The highest BCUT2D eigenvalue weighted by molar-refractivity contribution is 5.39. The van der Waals surface area contributed by atoms with Crippen molar-refractivity contribution in [2.75, 3.05) is 14.1 Å². The molecule has 0 amide bonds. The van der Waals surface area contributed by atoms with Gasteiger partial charge < -0.3 is 10.0 Å². The number of hydrogen-bond acceptors (Lipinski definition) is 2. The summed E-state index contributed by atoms with van der Waals surface area (Å²) in [5.41, 5.74) is 2.49. The minimum Gasteiger partial charge on any atom is -0.388 e. The number of nitrogens with zero attached hydrogens (tertiary/aromatic N) is 1. The van der Waals surface area contributed by atoms with Crippen molar-refractivity contribution in [1.82, 2.24) is 4.90 Å². The fourth-order valence-electron chi connectivity index (χ4n) is 1.92. The molecule has 0 aromatic heterocycles. The summed E-state index contributed by atoms with van der Waals surface area (Å²) >= 11 is 0. The average molecular weight is 209 g/mol. The van der Waals surface area contributed by atoms with Crippen molar-refractivity contribution in [3.05, 3.63) is 23.3 Å². The second-order valence-electron chi connectivity index (χ2n) is 4.92. The summed E-state index contributed by atoms with van der Waals surface area (Å²) in [5.74, 6) is 0.296. The third kappa shape index (κ3) is 2.70. The summed E-state index contributed by atoms with van der Waals surface area (Å²) in [6.45, 7) is 6.31. The fourth-order valence-corrected chi connectivity index (χ4v) is 1.92. The lowest BCUT2D eigenvalue weighted by Crippen LogP contribution is -2.28. The van der Waals surface area contributed by atoms with Gasteiger partial charge in [-0.3, -0.25) is 0 Å². The lowest BCUT2D eigenvalue weighted by atomic mass is 9.93. The third-order valence-electron chi connectivity index (χ3n) is 3.22. The Morgan fingerprint density at radius 1 is 1.27 bits per heavy atom. The van der Waals surface area contributed by atoms with Crippen molar-refractivity contribution in [3.63, 3.8) is 0 Å². The lowest BCUT2D eigenvalue weighted by Gasteiger charge is -2.25. The number of rotatable bonds is 4. The largest absolute Gasteiger partial charge is 0.388 e. The van der Waals surface area contributed by atoms with Crippen molar-refractivity contribution in [2.45, 2.75) is 39.3 Å². The summed E-state index contributed by atoms with van der Waals surface area (Å²) in [7, 11) is 4.15. The zero-order valence-corrected chi connectivity index (χ0v) is 10.5. The van der Waals surface area contributed by atoms with Crippen LogP contribution < -0.4 is 0 Å². The molecule has 0 saturated carbocycles. The molecule has 0 unspecified atom stereocenters. The molecule has 1 aliphatic carbocycles. The standard InChI is InChI=1S/C13H23NO/c1-9(2)13(15)12-8-6-7-11(12)10(3)14(4)5/h6-7,9-10,13,15H,8H2,1-5H3/t10-,13+/m0/s1. The Kier molecular flexibility index (Phi) is 4.12. The third-order valence-corrected chi connectivity index (χ3v) is 3.22. The van der Waals surface area contributed by atoms with Gasteiger partial charge in [-0.1, -0.05) is 26.0 Å². The molecular weight excluding hydrogens is 186 g/mol. The topological polar surface area (TPSA) is 23.5 Å². The highest BCUT2D eigenvalue weighted by Crippen LogP contribution is 2.29. The Hall–Kier alpha value is -0.600. The number of aliphatic hydroxyl groups is 1. The highest BCUT2D eigenvalue weighted by atomic mass is 16.3. The van der Waals surface area contributed by atoms with Crippen LogP contribution in [0.25, 0.3) is 0 Å². The van der Waals surface area contributed by atoms with E-state index in [1.807, 2.05) is 0 Å². The first-order valence-corrected chi connectivity index (χ1v) is 5.69. The molecule has 0 heterocycles. The Balaban J connectivity index is 2.90. The number of hydrogen-bond donors (Lipinski definition) is 1. The van der Waals surface area contributed by atoms with E-state index in [4.69, 9.17) is 0 Å². The molecule has 15 heavy (non-hydrogen) atoms. The van der Waals surface area contributed by atoms with Crippen molar-refractivity contribution >= 4 is 0 Å². The summed E-state index contributed by atoms with van der Waals surface area (Å²) < 4.78 is 0. The number of aliphatic hydroxyl groups excluding tert-OH is 1. The molecule has 0 bridgehead atoms. The first-order valence-electron chi connectivity index (χ1n) is 5.69. The van der Waals surface area contributed by atoms with Gasteiger partial charge in [-0.05, 0) is 44.5 Å². The van der Waals surface area contributed by atoms with Crippen LogP contribution in [-0.4, -0.2) is 36.2 Å². The minimum absolute atomic E-state index is 0.294. The summed E-state index contributed by atoms with van der Waals surface area (Å²) in [4.78, 5) is 2.18. The van der Waals surface area contributed by atoms with Crippen molar-refractivity contribution in [2.24, 2.45) is 5.92 Å². The van der Waals surface area contributed by atoms with Crippen LogP contribution in [-0.2, 0) is 0 Å². The monoisotopic (exact) mass is 209 g/mol. The van der Waals surface area contributed by atoms with Crippen molar-refractivity contribution < 1.29 is 5.11 Å². The Morgan fingerprint density at radius 2 is 1.87 bits per heavy atom. The maximum Gasteiger partial charge on any atom is 0.0782 e. The molecule has 1 aliphatic rings. The van der Waals surface area contributed by atoms with Crippen molar-refractivity contribution in [3.8, 4) is 0 Å². The predicted octanol–water partition coefficient (Wildman–Crippen LogP) is 2.21. The van der Waals surface area contributed by atoms with E-state index in [0.29, 0.717) is 12.0 Å². The van der Waals surface area contributed by atoms with E-state index in [1.165, 1.54) is 11.1 Å². The van der Waals surface area contributed by atoms with Crippen LogP contribution in [0.2, 0.25) is 0 Å². The van der Waals surface area contributed by atoms with E-state index in [0.717, 1.165) is 6.42 Å². The van der Waals surface area contributed by atoms with Crippen LogP contribution in [0.3, 0.4) is 0 Å². The normalized spacial score (nSPS) is 20.5. The summed E-state index contributed by atoms with van der Waals surface area (Å²) in [5, 5.41) is 10.1. The Labute approximate surface area is 93.3 Å². The molecule has 0 aromatic carbocycles. The number of likely N-dealkylation sites (N-methyl/N-ethyl adjacent to an activating group) is 1. The van der Waals surface area contributed by atoms with Crippen LogP contribution in [0.1, 0.15) is 27.2 Å². The summed E-state index contributed by atoms with van der Waals surface area (Å²) in [6, 6.07) is 0.382. The zero-order valence-electron chi connectivity index (χ0n) is 10.5. The number of allylic oxidation sites excluding steroid dienone is 1. The van der Waals surface area contributed by atoms with Crippen LogP contribution >= 0.6 is 0 Å². The van der Waals surface area contributed by atoms with Crippen LogP contribution in [0.4, 0.5) is 0 Å². The highest BCUT2D eigenvalue weighted by Gasteiger charge is 2.23. The van der Waals surface area contributed by atoms with Gasteiger partial charge >= 0.3 is 0 Å². The van der Waals surface area contributed by atoms with Gasteiger partial charge in [-0.25, -0.2) is 0 Å². The van der Waals surface area contributed by atoms with Gasteiger partial charge in [-0.2, -0.15) is 0 Å². The average Bonchev–Trinajstić information content (AvgIpc) is 2.63. The molecule has 2 nitrogen and oxygen atoms in total. The second kappa shape index (κ2) is 4.95. The van der Waals surface area contributed by atoms with Gasteiger partial charge in [0, 0.05) is 6.04 Å². The quantitative estimate of drug-likeness (QED) is 0.767. The molecule has 2 heteroatoms. The van der Waals surface area contributed by atoms with Crippen LogP contribution in [0.5, 0.6) is 0 Å². The van der Waals surface area contributed by atoms with Crippen LogP contribution in [0, 0.1) is 5.92 Å². The molecule has 1 rings (SSSR count). The second-order valence-corrected chi connectivity index (χ2v) is 4.92. The van der Waals surface area contributed by atoms with E-state index >= 15 is 0 Å². The summed E-state index contributed by atoms with van der Waals surface area (Å²) in [6.07, 6.45) is 4.92. The van der Waals surface area contributed by atoms with Gasteiger partial charge in [0.15, 0.2) is 0 Å². The van der Waals surface area contributed by atoms with Gasteiger partial charge in [-0.15, -0.1) is 0 Å². The predicted molar refractivity (Wildman–Crippen MR) is 64.8 cm³/mol. The van der Waals surface area contributed by atoms with E-state index < -0.39 is 0 Å². The maximum absolute atomic E-state index is 10.1. The van der Waals surface area contributed by atoms with E-state index in [-0.39, 0.29) is 6.10 Å². The molecule has 0 aliphatic heterocycles. The first kappa shape index (κ1) is 12.5. The fraction of sp³-hybridized carbons (Fsp3) is 0.692. The molecule has 1 N–H and O–H groups in total. The maximum atomic E-state index is 10.1. The van der Waals surface area contributed by atoms with Gasteiger partial charge in [0.2, 0.25) is 0 Å². The van der Waals surface area contributed by atoms with E-state index in [9.17, 15) is 5.11 Å². The lowest BCUT2D eigenvalue weighted by molar-refractivity contribution is 0.156. The van der Waals surface area contributed by atoms with E-state index in [1.54, 1.807) is 0 Å². The van der Waals surface area contributed by atoms with Crippen molar-refractivity contribution in [1.29, 1.82) is 0 Å². The first-order chi connectivity index (χ1) is 6.95. The Bertz CT molecular complexity index is 276. The molecule has 2 atom stereocenters. The SMILES string of the molecule is CC(C)[C@@H](O)C1=C([C@H](C)N(C)C)C=CC1. The van der Waals surface area contributed by atoms with Crippen LogP contribution in [0.15, 0.2) is 23.3 Å². The molecule has 86 valence electrons. The Morgan fingerprint density at radius 3 is 2.33 bits per heavy atom. The molecular formula is C13H23NO.